The van der Waals surface area contributed by atoms with Gasteiger partial charge in [-0.2, -0.15) is 0 Å². The maximum atomic E-state index is 12.9. The number of hydrogen-bond donors (Lipinski definition) is 2. The van der Waals surface area contributed by atoms with Crippen LogP contribution >= 0.6 is 12.4 Å². The Hall–Kier alpha value is -1.33. The van der Waals surface area contributed by atoms with Crippen LogP contribution in [-0.2, 0) is 6.42 Å². The molecule has 4 nitrogen and oxygen atoms in total. The zero-order valence-electron chi connectivity index (χ0n) is 14.0. The number of carbonyl (C=O) groups is 1. The van der Waals surface area contributed by atoms with Crippen LogP contribution in [-0.4, -0.2) is 42.6 Å². The topological polar surface area (TPSA) is 44.4 Å². The first-order chi connectivity index (χ1) is 11.2. The van der Waals surface area contributed by atoms with Gasteiger partial charge in [0, 0.05) is 31.7 Å². The lowest BCUT2D eigenvalue weighted by atomic mass is 10.0. The molecule has 2 N–H and O–H groups in total. The van der Waals surface area contributed by atoms with Crippen LogP contribution in [0.1, 0.15) is 37.7 Å². The number of aryl methyl sites for hydroxylation is 1. The van der Waals surface area contributed by atoms with E-state index in [-0.39, 0.29) is 30.3 Å². The molecule has 1 aliphatic carbocycles. The van der Waals surface area contributed by atoms with E-state index in [0.29, 0.717) is 6.04 Å². The van der Waals surface area contributed by atoms with Gasteiger partial charge < -0.3 is 15.5 Å². The van der Waals surface area contributed by atoms with Gasteiger partial charge in [0.1, 0.15) is 5.82 Å². The number of benzene rings is 1. The fourth-order valence-electron chi connectivity index (χ4n) is 3.13. The summed E-state index contributed by atoms with van der Waals surface area (Å²) in [6.45, 7) is 2.56. The molecule has 1 aromatic carbocycles. The zero-order chi connectivity index (χ0) is 16.1. The highest BCUT2D eigenvalue weighted by atomic mass is 35.5. The molecule has 134 valence electrons. The summed E-state index contributed by atoms with van der Waals surface area (Å²) in [5, 5.41) is 6.49. The van der Waals surface area contributed by atoms with Crippen molar-refractivity contribution in [3.05, 3.63) is 35.6 Å². The molecule has 3 rings (SSSR count). The molecule has 2 aliphatic rings. The average Bonchev–Trinajstić information content (AvgIpc) is 3.37. The average molecular weight is 356 g/mol. The fraction of sp³-hybridized carbons (Fsp3) is 0.611. The molecule has 1 unspecified atom stereocenters. The van der Waals surface area contributed by atoms with Gasteiger partial charge >= 0.3 is 6.03 Å². The molecule has 0 aromatic heterocycles. The van der Waals surface area contributed by atoms with E-state index in [1.807, 2.05) is 17.0 Å². The monoisotopic (exact) mass is 355 g/mol. The lowest BCUT2D eigenvalue weighted by Crippen LogP contribution is -2.56. The minimum Gasteiger partial charge on any atom is -0.335 e. The Kier molecular flexibility index (Phi) is 7.31. The summed E-state index contributed by atoms with van der Waals surface area (Å²) in [6, 6.07) is 7.55. The molecular formula is C18H27ClFN3O. The molecule has 0 spiro atoms. The Morgan fingerprint density at radius 3 is 2.71 bits per heavy atom. The highest BCUT2D eigenvalue weighted by Crippen LogP contribution is 2.20. The van der Waals surface area contributed by atoms with Crippen molar-refractivity contribution in [1.29, 1.82) is 0 Å². The Morgan fingerprint density at radius 1 is 1.25 bits per heavy atom. The summed E-state index contributed by atoms with van der Waals surface area (Å²) in [5.41, 5.74) is 1.18. The number of unbranched alkanes of at least 4 members (excludes halogenated alkanes) is 1. The summed E-state index contributed by atoms with van der Waals surface area (Å²) >= 11 is 0. The highest BCUT2D eigenvalue weighted by molar-refractivity contribution is 5.85. The van der Waals surface area contributed by atoms with Gasteiger partial charge in [-0.3, -0.25) is 0 Å². The first kappa shape index (κ1) is 19.0. The normalized spacial score (nSPS) is 20.4. The number of halogens is 2. The number of carbonyl (C=O) groups excluding carboxylic acids is 1. The Morgan fingerprint density at radius 2 is 2.00 bits per heavy atom. The second-order valence-corrected chi connectivity index (χ2v) is 6.65. The lowest BCUT2D eigenvalue weighted by Gasteiger charge is -2.36. The first-order valence-corrected chi connectivity index (χ1v) is 8.74. The minimum absolute atomic E-state index is 0. The molecule has 24 heavy (non-hydrogen) atoms. The molecule has 1 aromatic rings. The van der Waals surface area contributed by atoms with Crippen LogP contribution in [0, 0.1) is 5.82 Å². The van der Waals surface area contributed by atoms with E-state index in [9.17, 15) is 9.18 Å². The van der Waals surface area contributed by atoms with E-state index in [2.05, 4.69) is 10.6 Å². The van der Waals surface area contributed by atoms with Gasteiger partial charge in [-0.15, -0.1) is 12.4 Å². The van der Waals surface area contributed by atoms with Crippen LogP contribution in [0.25, 0.3) is 0 Å². The third-order valence-corrected chi connectivity index (χ3v) is 4.68. The second kappa shape index (κ2) is 9.23. The van der Waals surface area contributed by atoms with Gasteiger partial charge in [-0.05, 0) is 49.8 Å². The van der Waals surface area contributed by atoms with Crippen molar-refractivity contribution in [2.75, 3.05) is 19.6 Å². The molecule has 1 saturated heterocycles. The maximum absolute atomic E-state index is 12.9. The van der Waals surface area contributed by atoms with Gasteiger partial charge in [0.25, 0.3) is 0 Å². The third kappa shape index (κ3) is 5.64. The largest absolute Gasteiger partial charge is 0.335 e. The molecular weight excluding hydrogens is 329 g/mol. The van der Waals surface area contributed by atoms with E-state index in [1.165, 1.54) is 17.7 Å². The third-order valence-electron chi connectivity index (χ3n) is 4.68. The summed E-state index contributed by atoms with van der Waals surface area (Å²) in [4.78, 5) is 14.3. The van der Waals surface area contributed by atoms with Crippen molar-refractivity contribution >= 4 is 18.4 Å². The first-order valence-electron chi connectivity index (χ1n) is 8.74. The van der Waals surface area contributed by atoms with Crippen molar-refractivity contribution < 1.29 is 9.18 Å². The van der Waals surface area contributed by atoms with Crippen molar-refractivity contribution in [2.24, 2.45) is 0 Å². The Balaban J connectivity index is 0.00000208. The minimum atomic E-state index is -0.181. The molecule has 0 radical (unpaired) electrons. The van der Waals surface area contributed by atoms with E-state index in [1.54, 1.807) is 0 Å². The van der Waals surface area contributed by atoms with Crippen LogP contribution in [0.4, 0.5) is 9.18 Å². The molecule has 0 bridgehead atoms. The maximum Gasteiger partial charge on any atom is 0.317 e. The summed E-state index contributed by atoms with van der Waals surface area (Å²) in [7, 11) is 0. The molecule has 1 atom stereocenters. The molecule has 1 saturated carbocycles. The number of nitrogens with one attached hydrogen (secondary N) is 2. The smallest absolute Gasteiger partial charge is 0.317 e. The predicted molar refractivity (Wildman–Crippen MR) is 96.1 cm³/mol. The van der Waals surface area contributed by atoms with Gasteiger partial charge in [0.2, 0.25) is 0 Å². The molecule has 2 amide bonds. The SMILES string of the molecule is Cl.O=C(NC1CC1)N1CCNCC1CCCCc1ccc(F)cc1. The van der Waals surface area contributed by atoms with Crippen molar-refractivity contribution in [3.63, 3.8) is 0 Å². The molecule has 2 fully saturated rings. The number of urea groups is 1. The van der Waals surface area contributed by atoms with Crippen LogP contribution in [0.5, 0.6) is 0 Å². The number of piperazine rings is 1. The zero-order valence-corrected chi connectivity index (χ0v) is 14.8. The van der Waals surface area contributed by atoms with E-state index >= 15 is 0 Å². The van der Waals surface area contributed by atoms with E-state index in [4.69, 9.17) is 0 Å². The molecule has 6 heteroatoms. The molecule has 1 aliphatic heterocycles. The van der Waals surface area contributed by atoms with Crippen molar-refractivity contribution in [3.8, 4) is 0 Å². The predicted octanol–water partition coefficient (Wildman–Crippen LogP) is 3.11. The van der Waals surface area contributed by atoms with Gasteiger partial charge in [-0.1, -0.05) is 18.6 Å². The van der Waals surface area contributed by atoms with Crippen LogP contribution in [0.2, 0.25) is 0 Å². The van der Waals surface area contributed by atoms with Crippen molar-refractivity contribution in [1.82, 2.24) is 15.5 Å². The summed E-state index contributed by atoms with van der Waals surface area (Å²) < 4.78 is 12.9. The van der Waals surface area contributed by atoms with E-state index in [0.717, 1.165) is 58.2 Å². The fourth-order valence-corrected chi connectivity index (χ4v) is 3.13. The van der Waals surface area contributed by atoms with Gasteiger partial charge in [0.15, 0.2) is 0 Å². The summed E-state index contributed by atoms with van der Waals surface area (Å²) in [5.74, 6) is -0.181. The summed E-state index contributed by atoms with van der Waals surface area (Å²) in [6.07, 6.45) is 6.39. The number of amides is 2. The number of rotatable bonds is 6. The Bertz CT molecular complexity index is 522. The van der Waals surface area contributed by atoms with Crippen LogP contribution in [0.3, 0.4) is 0 Å². The van der Waals surface area contributed by atoms with Crippen molar-refractivity contribution in [2.45, 2.75) is 50.6 Å². The van der Waals surface area contributed by atoms with Gasteiger partial charge in [0.05, 0.1) is 0 Å². The lowest BCUT2D eigenvalue weighted by molar-refractivity contribution is 0.152. The standard InChI is InChI=1S/C18H26FN3O.ClH/c19-15-7-5-14(6-8-15)3-1-2-4-17-13-20-11-12-22(17)18(23)21-16-9-10-16;/h5-8,16-17,20H,1-4,9-13H2,(H,21,23);1H. The quantitative estimate of drug-likeness (QED) is 0.770. The highest BCUT2D eigenvalue weighted by Gasteiger charge is 2.30. The van der Waals surface area contributed by atoms with Crippen LogP contribution in [0.15, 0.2) is 24.3 Å². The van der Waals surface area contributed by atoms with E-state index < -0.39 is 0 Å². The Labute approximate surface area is 149 Å². The molecule has 1 heterocycles. The number of hydrogen-bond acceptors (Lipinski definition) is 2. The second-order valence-electron chi connectivity index (χ2n) is 6.65. The van der Waals surface area contributed by atoms with Crippen LogP contribution < -0.4 is 10.6 Å². The van der Waals surface area contributed by atoms with Gasteiger partial charge in [-0.25, -0.2) is 9.18 Å². The number of nitrogens with zero attached hydrogens (tertiary/aromatic N) is 1.